The van der Waals surface area contributed by atoms with Crippen molar-refractivity contribution in [3.8, 4) is 0 Å². The van der Waals surface area contributed by atoms with Crippen molar-refractivity contribution >= 4 is 5.91 Å². The first-order chi connectivity index (χ1) is 7.32. The summed E-state index contributed by atoms with van der Waals surface area (Å²) in [5, 5.41) is 6.57. The minimum atomic E-state index is 0.0371. The van der Waals surface area contributed by atoms with Crippen LogP contribution >= 0.6 is 0 Å². The molecule has 1 heterocycles. The molecule has 1 amide bonds. The Morgan fingerprint density at radius 3 is 2.56 bits per heavy atom. The Morgan fingerprint density at radius 2 is 2.06 bits per heavy atom. The van der Waals surface area contributed by atoms with Crippen LogP contribution in [0.5, 0.6) is 0 Å². The van der Waals surface area contributed by atoms with Gasteiger partial charge in [0.1, 0.15) is 0 Å². The molecule has 1 saturated heterocycles. The summed E-state index contributed by atoms with van der Waals surface area (Å²) in [6.07, 6.45) is 2.25. The van der Waals surface area contributed by atoms with Crippen molar-refractivity contribution in [3.63, 3.8) is 0 Å². The largest absolute Gasteiger partial charge is 0.352 e. The average molecular weight is 226 g/mol. The highest BCUT2D eigenvalue weighted by Gasteiger charge is 2.30. The number of amides is 1. The molecule has 0 bridgehead atoms. The van der Waals surface area contributed by atoms with E-state index >= 15 is 0 Å². The molecule has 16 heavy (non-hydrogen) atoms. The molecule has 0 aromatic rings. The maximum Gasteiger partial charge on any atom is 0.223 e. The molecule has 94 valence electrons. The fraction of sp³-hybridized carbons (Fsp3) is 0.923. The molecule has 0 aromatic carbocycles. The quantitative estimate of drug-likeness (QED) is 0.755. The zero-order valence-corrected chi connectivity index (χ0v) is 11.3. The molecule has 1 aliphatic heterocycles. The molecule has 1 aliphatic rings. The molecule has 1 fully saturated rings. The van der Waals surface area contributed by atoms with Crippen LogP contribution in [0.25, 0.3) is 0 Å². The van der Waals surface area contributed by atoms with Gasteiger partial charge in [-0.25, -0.2) is 0 Å². The first-order valence-electron chi connectivity index (χ1n) is 6.36. The Balaban J connectivity index is 2.50. The van der Waals surface area contributed by atoms with Crippen molar-refractivity contribution in [2.75, 3.05) is 6.54 Å². The van der Waals surface area contributed by atoms with Gasteiger partial charge in [-0.2, -0.15) is 0 Å². The lowest BCUT2D eigenvalue weighted by molar-refractivity contribution is -0.128. The van der Waals surface area contributed by atoms with Gasteiger partial charge in [0, 0.05) is 18.0 Å². The highest BCUT2D eigenvalue weighted by Crippen LogP contribution is 2.25. The fourth-order valence-corrected chi connectivity index (χ4v) is 1.94. The van der Waals surface area contributed by atoms with Crippen LogP contribution < -0.4 is 10.6 Å². The molecular formula is C13H26N2O. The number of nitrogens with one attached hydrogen (secondary N) is 2. The summed E-state index contributed by atoms with van der Waals surface area (Å²) in [4.78, 5) is 12.1. The molecule has 1 rings (SSSR count). The number of piperidine rings is 1. The lowest BCUT2D eigenvalue weighted by Crippen LogP contribution is -2.53. The number of hydrogen-bond donors (Lipinski definition) is 2. The lowest BCUT2D eigenvalue weighted by Gasteiger charge is -2.33. The molecule has 2 N–H and O–H groups in total. The summed E-state index contributed by atoms with van der Waals surface area (Å²) in [5.74, 6) is 0.245. The Morgan fingerprint density at radius 1 is 1.44 bits per heavy atom. The van der Waals surface area contributed by atoms with Crippen LogP contribution in [0.4, 0.5) is 0 Å². The van der Waals surface area contributed by atoms with Crippen molar-refractivity contribution in [2.24, 2.45) is 11.3 Å². The summed E-state index contributed by atoms with van der Waals surface area (Å²) in [5.41, 5.74) is 0.0371. The van der Waals surface area contributed by atoms with Gasteiger partial charge in [0.25, 0.3) is 0 Å². The minimum Gasteiger partial charge on any atom is -0.352 e. The number of rotatable bonds is 2. The van der Waals surface area contributed by atoms with E-state index in [1.54, 1.807) is 0 Å². The Labute approximate surface area is 99.4 Å². The van der Waals surface area contributed by atoms with Crippen LogP contribution in [-0.2, 0) is 4.79 Å². The van der Waals surface area contributed by atoms with E-state index in [4.69, 9.17) is 0 Å². The highest BCUT2D eigenvalue weighted by atomic mass is 16.2. The van der Waals surface area contributed by atoms with Crippen molar-refractivity contribution in [3.05, 3.63) is 0 Å². The van der Waals surface area contributed by atoms with Crippen LogP contribution in [0.1, 0.15) is 47.5 Å². The second-order valence-corrected chi connectivity index (χ2v) is 6.09. The second kappa shape index (κ2) is 5.17. The summed E-state index contributed by atoms with van der Waals surface area (Å²) in [6.45, 7) is 11.6. The third kappa shape index (κ3) is 3.48. The predicted molar refractivity (Wildman–Crippen MR) is 67.2 cm³/mol. The van der Waals surface area contributed by atoms with Crippen LogP contribution in [0.2, 0.25) is 0 Å². The minimum absolute atomic E-state index is 0.0371. The monoisotopic (exact) mass is 226 g/mol. The van der Waals surface area contributed by atoms with Gasteiger partial charge in [0.15, 0.2) is 0 Å². The zero-order chi connectivity index (χ0) is 12.3. The van der Waals surface area contributed by atoms with Crippen LogP contribution in [0.3, 0.4) is 0 Å². The molecular weight excluding hydrogens is 200 g/mol. The molecule has 3 nitrogen and oxygen atoms in total. The topological polar surface area (TPSA) is 41.1 Å². The van der Waals surface area contributed by atoms with Crippen molar-refractivity contribution in [2.45, 2.75) is 59.5 Å². The van der Waals surface area contributed by atoms with Gasteiger partial charge in [-0.3, -0.25) is 4.79 Å². The van der Waals surface area contributed by atoms with Crippen molar-refractivity contribution in [1.82, 2.24) is 10.6 Å². The predicted octanol–water partition coefficient (Wildman–Crippen LogP) is 1.93. The summed E-state index contributed by atoms with van der Waals surface area (Å²) < 4.78 is 0. The third-order valence-corrected chi connectivity index (χ3v) is 3.78. The first kappa shape index (κ1) is 13.5. The van der Waals surface area contributed by atoms with Crippen LogP contribution in [-0.4, -0.2) is 24.5 Å². The molecule has 0 aliphatic carbocycles. The third-order valence-electron chi connectivity index (χ3n) is 3.78. The second-order valence-electron chi connectivity index (χ2n) is 6.09. The number of hydrogen-bond acceptors (Lipinski definition) is 2. The van der Waals surface area contributed by atoms with Crippen molar-refractivity contribution < 1.29 is 4.79 Å². The highest BCUT2D eigenvalue weighted by molar-refractivity contribution is 5.79. The molecule has 0 saturated carbocycles. The van der Waals surface area contributed by atoms with E-state index in [0.717, 1.165) is 19.4 Å². The van der Waals surface area contributed by atoms with E-state index in [2.05, 4.69) is 38.3 Å². The zero-order valence-electron chi connectivity index (χ0n) is 11.3. The van der Waals surface area contributed by atoms with Gasteiger partial charge >= 0.3 is 0 Å². The van der Waals surface area contributed by atoms with E-state index < -0.39 is 0 Å². The van der Waals surface area contributed by atoms with E-state index in [-0.39, 0.29) is 17.2 Å². The summed E-state index contributed by atoms with van der Waals surface area (Å²) >= 11 is 0. The van der Waals surface area contributed by atoms with Crippen LogP contribution in [0.15, 0.2) is 0 Å². The smallest absolute Gasteiger partial charge is 0.223 e. The molecule has 3 atom stereocenters. The Bertz CT molecular complexity index is 245. The SMILES string of the molecule is CC1NCCCC1NC(=O)C(C)C(C)(C)C. The standard InChI is InChI=1S/C13H26N2O/c1-9(13(3,4)5)12(16)15-11-7-6-8-14-10(11)2/h9-11,14H,6-8H2,1-5H3,(H,15,16). The van der Waals surface area contributed by atoms with Gasteiger partial charge < -0.3 is 10.6 Å². The Hall–Kier alpha value is -0.570. The lowest BCUT2D eigenvalue weighted by atomic mass is 9.81. The van der Waals surface area contributed by atoms with E-state index in [1.165, 1.54) is 0 Å². The average Bonchev–Trinajstić information content (AvgIpc) is 2.19. The summed E-state index contributed by atoms with van der Waals surface area (Å²) in [6, 6.07) is 0.691. The van der Waals surface area contributed by atoms with Gasteiger partial charge in [-0.1, -0.05) is 27.7 Å². The maximum absolute atomic E-state index is 12.1. The first-order valence-corrected chi connectivity index (χ1v) is 6.36. The van der Waals surface area contributed by atoms with Gasteiger partial charge in [0.05, 0.1) is 0 Å². The van der Waals surface area contributed by atoms with E-state index in [9.17, 15) is 4.79 Å². The number of carbonyl (C=O) groups excluding carboxylic acids is 1. The summed E-state index contributed by atoms with van der Waals surface area (Å²) in [7, 11) is 0. The van der Waals surface area contributed by atoms with E-state index in [1.807, 2.05) is 6.92 Å². The molecule has 3 heteroatoms. The fourth-order valence-electron chi connectivity index (χ4n) is 1.94. The normalized spacial score (nSPS) is 28.6. The Kier molecular flexibility index (Phi) is 4.36. The number of carbonyl (C=O) groups is 1. The molecule has 0 radical (unpaired) electrons. The molecule has 3 unspecified atom stereocenters. The van der Waals surface area contributed by atoms with E-state index in [0.29, 0.717) is 12.1 Å². The molecule has 0 aromatic heterocycles. The van der Waals surface area contributed by atoms with Gasteiger partial charge in [0.2, 0.25) is 5.91 Å². The van der Waals surface area contributed by atoms with Crippen LogP contribution in [0, 0.1) is 11.3 Å². The van der Waals surface area contributed by atoms with Gasteiger partial charge in [-0.05, 0) is 31.7 Å². The van der Waals surface area contributed by atoms with Gasteiger partial charge in [-0.15, -0.1) is 0 Å². The van der Waals surface area contributed by atoms with Crippen molar-refractivity contribution in [1.29, 1.82) is 0 Å². The molecule has 0 spiro atoms. The maximum atomic E-state index is 12.1.